The van der Waals surface area contributed by atoms with E-state index in [4.69, 9.17) is 9.68 Å². The Bertz CT molecular complexity index is 1810. The second-order valence-corrected chi connectivity index (χ2v) is 11.2. The van der Waals surface area contributed by atoms with E-state index < -0.39 is 5.82 Å². The Kier molecular flexibility index (Phi) is 8.83. The molecule has 226 valence electrons. The van der Waals surface area contributed by atoms with E-state index in [1.165, 1.54) is 30.7 Å². The number of nitrogens with zero attached hydrogens (tertiary/aromatic N) is 4. The summed E-state index contributed by atoms with van der Waals surface area (Å²) in [6.45, 7) is 0.714. The maximum Gasteiger partial charge on any atom is 0.287 e. The molecule has 2 amide bonds. The van der Waals surface area contributed by atoms with E-state index in [2.05, 4.69) is 16.4 Å². The summed E-state index contributed by atoms with van der Waals surface area (Å²) in [6, 6.07) is 25.9. The summed E-state index contributed by atoms with van der Waals surface area (Å²) in [4.78, 5) is 32.5. The highest BCUT2D eigenvalue weighted by molar-refractivity contribution is 6.06. The number of nitriles is 1. The first kappa shape index (κ1) is 29.6. The van der Waals surface area contributed by atoms with Crippen molar-refractivity contribution in [2.45, 2.75) is 51.2 Å². The maximum absolute atomic E-state index is 13.8. The lowest BCUT2D eigenvalue weighted by Gasteiger charge is -2.24. The van der Waals surface area contributed by atoms with Gasteiger partial charge in [-0.3, -0.25) is 9.59 Å². The fourth-order valence-electron chi connectivity index (χ4n) is 5.62. The summed E-state index contributed by atoms with van der Waals surface area (Å²) in [5.74, 6) is -0.115. The van der Waals surface area contributed by atoms with Crippen molar-refractivity contribution in [1.29, 1.82) is 5.26 Å². The molecule has 0 radical (unpaired) electrons. The lowest BCUT2D eigenvalue weighted by molar-refractivity contribution is 0.0899. The second kappa shape index (κ2) is 13.4. The number of carbonyl (C=O) groups is 2. The molecule has 0 bridgehead atoms. The minimum atomic E-state index is -0.423. The van der Waals surface area contributed by atoms with Crippen LogP contribution in [0.5, 0.6) is 0 Å². The lowest BCUT2D eigenvalue weighted by Crippen LogP contribution is -2.35. The Morgan fingerprint density at radius 1 is 0.956 bits per heavy atom. The maximum atomic E-state index is 13.8. The van der Waals surface area contributed by atoms with E-state index in [1.807, 2.05) is 41.0 Å². The van der Waals surface area contributed by atoms with Crippen molar-refractivity contribution in [2.75, 3.05) is 4.90 Å². The average molecular weight is 602 g/mol. The topological polar surface area (TPSA) is 104 Å². The number of anilines is 1. The molecular formula is C36H32FN5O3. The third-order valence-electron chi connectivity index (χ3n) is 8.12. The molecule has 0 aliphatic heterocycles. The Balaban J connectivity index is 1.23. The van der Waals surface area contributed by atoms with Crippen LogP contribution in [-0.2, 0) is 13.1 Å². The number of imidazole rings is 1. The van der Waals surface area contributed by atoms with Crippen molar-refractivity contribution in [3.8, 4) is 17.4 Å². The molecule has 1 N–H and O–H groups in total. The predicted octanol–water partition coefficient (Wildman–Crippen LogP) is 7.11. The summed E-state index contributed by atoms with van der Waals surface area (Å²) >= 11 is 0. The molecule has 2 heterocycles. The summed E-state index contributed by atoms with van der Waals surface area (Å²) < 4.78 is 21.5. The van der Waals surface area contributed by atoms with Crippen LogP contribution in [0.2, 0.25) is 0 Å². The molecule has 3 aromatic carbocycles. The molecule has 5 aromatic rings. The Morgan fingerprint density at radius 3 is 2.40 bits per heavy atom. The van der Waals surface area contributed by atoms with Crippen LogP contribution in [0.4, 0.5) is 10.1 Å². The minimum absolute atomic E-state index is 0.184. The van der Waals surface area contributed by atoms with Crippen LogP contribution in [-0.4, -0.2) is 27.4 Å². The van der Waals surface area contributed by atoms with Crippen molar-refractivity contribution in [3.63, 3.8) is 0 Å². The summed E-state index contributed by atoms with van der Waals surface area (Å²) in [7, 11) is 0. The summed E-state index contributed by atoms with van der Waals surface area (Å²) in [6.07, 6.45) is 8.86. The molecule has 2 aromatic heterocycles. The second-order valence-electron chi connectivity index (χ2n) is 11.2. The molecule has 0 spiro atoms. The van der Waals surface area contributed by atoms with E-state index in [1.54, 1.807) is 41.7 Å². The van der Waals surface area contributed by atoms with Crippen LogP contribution in [0, 0.1) is 17.1 Å². The predicted molar refractivity (Wildman–Crippen MR) is 168 cm³/mol. The van der Waals surface area contributed by atoms with Gasteiger partial charge in [0.2, 0.25) is 0 Å². The van der Waals surface area contributed by atoms with E-state index in [0.717, 1.165) is 42.5 Å². The van der Waals surface area contributed by atoms with E-state index in [-0.39, 0.29) is 30.2 Å². The molecule has 1 aliphatic rings. The molecule has 8 nitrogen and oxygen atoms in total. The third-order valence-corrected chi connectivity index (χ3v) is 8.12. The Hall–Kier alpha value is -5.49. The molecule has 0 unspecified atom stereocenters. The molecule has 0 atom stereocenters. The normalized spacial score (nSPS) is 13.2. The zero-order valence-corrected chi connectivity index (χ0v) is 24.7. The van der Waals surface area contributed by atoms with Crippen LogP contribution >= 0.6 is 0 Å². The minimum Gasteiger partial charge on any atom is -0.451 e. The van der Waals surface area contributed by atoms with Crippen molar-refractivity contribution < 1.29 is 18.4 Å². The number of rotatable bonds is 9. The highest BCUT2D eigenvalue weighted by atomic mass is 19.1. The van der Waals surface area contributed by atoms with Gasteiger partial charge in [0.05, 0.1) is 30.2 Å². The van der Waals surface area contributed by atoms with Gasteiger partial charge in [0.25, 0.3) is 11.8 Å². The third kappa shape index (κ3) is 7.02. The first-order chi connectivity index (χ1) is 22.0. The van der Waals surface area contributed by atoms with Gasteiger partial charge in [-0.2, -0.15) is 5.26 Å². The van der Waals surface area contributed by atoms with Gasteiger partial charge in [-0.15, -0.1) is 0 Å². The smallest absolute Gasteiger partial charge is 0.287 e. The molecule has 45 heavy (non-hydrogen) atoms. The fourth-order valence-corrected chi connectivity index (χ4v) is 5.62. The molecule has 1 saturated carbocycles. The van der Waals surface area contributed by atoms with Crippen LogP contribution in [0.1, 0.15) is 69.8 Å². The molecule has 1 fully saturated rings. The first-order valence-electron chi connectivity index (χ1n) is 15.0. The average Bonchev–Trinajstić information content (AvgIpc) is 3.75. The monoisotopic (exact) mass is 601 g/mol. The summed E-state index contributed by atoms with van der Waals surface area (Å²) in [5, 5.41) is 12.2. The fraction of sp³-hybridized carbons (Fsp3) is 0.222. The van der Waals surface area contributed by atoms with E-state index in [0.29, 0.717) is 29.1 Å². The quantitative estimate of drug-likeness (QED) is 0.194. The largest absolute Gasteiger partial charge is 0.451 e. The number of halogens is 1. The Morgan fingerprint density at radius 2 is 1.69 bits per heavy atom. The number of nitrogens with one attached hydrogen (secondary N) is 1. The van der Waals surface area contributed by atoms with Gasteiger partial charge in [0.15, 0.2) is 5.76 Å². The van der Waals surface area contributed by atoms with Crippen molar-refractivity contribution >= 4 is 17.5 Å². The molecule has 6 rings (SSSR count). The number of aromatic nitrogens is 2. The molecule has 1 aliphatic carbocycles. The van der Waals surface area contributed by atoms with Crippen LogP contribution in [0.25, 0.3) is 11.3 Å². The van der Waals surface area contributed by atoms with Gasteiger partial charge >= 0.3 is 0 Å². The standard InChI is InChI=1S/C36H32FN5O3/c37-29-14-10-28(11-15-29)36(44)42(23-32-21-39-24-41(32)22-26-8-6-25(20-38)7-9-26)31-16-12-27(13-17-31)33-18-19-34(45-33)35(43)40-30-4-2-1-3-5-30/h6-19,21,24,30H,1-5,22-23H2,(H,40,43). The summed E-state index contributed by atoms with van der Waals surface area (Å²) in [5.41, 5.74) is 4.09. The van der Waals surface area contributed by atoms with Gasteiger partial charge in [0.1, 0.15) is 11.6 Å². The molecule has 0 saturated heterocycles. The van der Waals surface area contributed by atoms with E-state index in [9.17, 15) is 14.0 Å². The number of amides is 2. The van der Waals surface area contributed by atoms with Gasteiger partial charge in [-0.25, -0.2) is 9.37 Å². The van der Waals surface area contributed by atoms with Gasteiger partial charge in [-0.05, 0) is 91.2 Å². The number of benzene rings is 3. The zero-order valence-electron chi connectivity index (χ0n) is 24.7. The number of hydrogen-bond donors (Lipinski definition) is 1. The van der Waals surface area contributed by atoms with E-state index >= 15 is 0 Å². The van der Waals surface area contributed by atoms with Crippen molar-refractivity contribution in [1.82, 2.24) is 14.9 Å². The number of hydrogen-bond acceptors (Lipinski definition) is 5. The van der Waals surface area contributed by atoms with Crippen LogP contribution in [0.3, 0.4) is 0 Å². The van der Waals surface area contributed by atoms with Crippen LogP contribution in [0.15, 0.2) is 102 Å². The zero-order chi connectivity index (χ0) is 31.2. The molecular weight excluding hydrogens is 569 g/mol. The highest BCUT2D eigenvalue weighted by Crippen LogP contribution is 2.28. The molecule has 9 heteroatoms. The first-order valence-corrected chi connectivity index (χ1v) is 15.0. The SMILES string of the molecule is N#Cc1ccc(Cn2cncc2CN(C(=O)c2ccc(F)cc2)c2ccc(-c3ccc(C(=O)NC4CCCCC4)o3)cc2)cc1. The number of carbonyl (C=O) groups excluding carboxylic acids is 2. The highest BCUT2D eigenvalue weighted by Gasteiger charge is 2.22. The van der Waals surface area contributed by atoms with Gasteiger partial charge < -0.3 is 19.2 Å². The van der Waals surface area contributed by atoms with Gasteiger partial charge in [0, 0.05) is 35.6 Å². The Labute approximate surface area is 260 Å². The van der Waals surface area contributed by atoms with Crippen molar-refractivity contribution in [3.05, 3.63) is 131 Å². The van der Waals surface area contributed by atoms with Gasteiger partial charge in [-0.1, -0.05) is 31.4 Å². The van der Waals surface area contributed by atoms with Crippen LogP contribution < -0.4 is 10.2 Å². The van der Waals surface area contributed by atoms with Crippen molar-refractivity contribution in [2.24, 2.45) is 0 Å². The number of furan rings is 1. The lowest BCUT2D eigenvalue weighted by atomic mass is 9.95.